The minimum Gasteiger partial charge on any atom is -0.508 e. The molecule has 0 radical (unpaired) electrons. The third-order valence-electron chi connectivity index (χ3n) is 4.61. The molecule has 0 saturated heterocycles. The van der Waals surface area contributed by atoms with Crippen molar-refractivity contribution in [3.05, 3.63) is 101 Å². The Balaban J connectivity index is 1.72. The highest BCUT2D eigenvalue weighted by atomic mass is 16.5. The van der Waals surface area contributed by atoms with Crippen molar-refractivity contribution in [2.24, 2.45) is 0 Å². The number of phenolic OH excluding ortho intramolecular Hbond substituents is 1. The van der Waals surface area contributed by atoms with Crippen molar-refractivity contribution in [3.63, 3.8) is 0 Å². The van der Waals surface area contributed by atoms with Crippen molar-refractivity contribution in [1.29, 1.82) is 0 Å². The second-order valence-electron chi connectivity index (χ2n) is 6.69. The van der Waals surface area contributed by atoms with Crippen LogP contribution >= 0.6 is 0 Å². The smallest absolute Gasteiger partial charge is 0.328 e. The first kappa shape index (κ1) is 20.8. The molecule has 0 aliphatic carbocycles. The summed E-state index contributed by atoms with van der Waals surface area (Å²) in [5.41, 5.74) is 2.21. The van der Waals surface area contributed by atoms with Crippen LogP contribution in [0, 0.1) is 0 Å². The first-order valence-electron chi connectivity index (χ1n) is 9.34. The fourth-order valence-corrected chi connectivity index (χ4v) is 2.97. The molecule has 0 aliphatic heterocycles. The average Bonchev–Trinajstić information content (AvgIpc) is 2.79. The molecular formula is C24H21NO5. The Morgan fingerprint density at radius 1 is 0.833 bits per heavy atom. The molecule has 2 N–H and O–H groups in total. The largest absolute Gasteiger partial charge is 0.508 e. The highest BCUT2D eigenvalue weighted by molar-refractivity contribution is 6.08. The number of rotatable bonds is 7. The lowest BCUT2D eigenvalue weighted by atomic mass is 9.99. The van der Waals surface area contributed by atoms with E-state index in [2.05, 4.69) is 5.32 Å². The molecule has 30 heavy (non-hydrogen) atoms. The summed E-state index contributed by atoms with van der Waals surface area (Å²) >= 11 is 0. The van der Waals surface area contributed by atoms with Gasteiger partial charge in [0.1, 0.15) is 11.8 Å². The minimum absolute atomic E-state index is 0.0428. The molecule has 0 bridgehead atoms. The third-order valence-corrected chi connectivity index (χ3v) is 4.61. The van der Waals surface area contributed by atoms with E-state index in [4.69, 9.17) is 4.74 Å². The Hall–Kier alpha value is -3.93. The summed E-state index contributed by atoms with van der Waals surface area (Å²) in [4.78, 5) is 37.1. The van der Waals surface area contributed by atoms with E-state index in [0.717, 1.165) is 5.56 Å². The van der Waals surface area contributed by atoms with Crippen molar-refractivity contribution in [1.82, 2.24) is 5.32 Å². The summed E-state index contributed by atoms with van der Waals surface area (Å²) in [7, 11) is 1.25. The molecule has 6 heteroatoms. The maximum absolute atomic E-state index is 12.5. The zero-order valence-electron chi connectivity index (χ0n) is 16.4. The molecule has 152 valence electrons. The van der Waals surface area contributed by atoms with E-state index < -0.39 is 17.9 Å². The number of ether oxygens (including phenoxy) is 1. The molecule has 0 spiro atoms. The Kier molecular flexibility index (Phi) is 6.60. The van der Waals surface area contributed by atoms with Crippen LogP contribution in [0.4, 0.5) is 0 Å². The molecule has 3 aromatic rings. The number of esters is 1. The SMILES string of the molecule is COC(=O)[C@H](Cc1ccc(C(=O)c2ccccc2)cc1)NC(=O)c1ccc(O)cc1. The van der Waals surface area contributed by atoms with E-state index in [-0.39, 0.29) is 18.0 Å². The van der Waals surface area contributed by atoms with Crippen molar-refractivity contribution in [2.45, 2.75) is 12.5 Å². The molecule has 3 aromatic carbocycles. The maximum Gasteiger partial charge on any atom is 0.328 e. The fraction of sp³-hybridized carbons (Fsp3) is 0.125. The highest BCUT2D eigenvalue weighted by Gasteiger charge is 2.23. The molecule has 0 heterocycles. The Morgan fingerprint density at radius 2 is 1.40 bits per heavy atom. The number of ketones is 1. The van der Waals surface area contributed by atoms with Gasteiger partial charge < -0.3 is 15.2 Å². The van der Waals surface area contributed by atoms with E-state index in [1.54, 1.807) is 48.5 Å². The molecule has 6 nitrogen and oxygen atoms in total. The van der Waals surface area contributed by atoms with Gasteiger partial charge in [0.25, 0.3) is 5.91 Å². The quantitative estimate of drug-likeness (QED) is 0.467. The minimum atomic E-state index is -0.896. The molecule has 1 amide bonds. The zero-order chi connectivity index (χ0) is 21.5. The summed E-state index contributed by atoms with van der Waals surface area (Å²) in [5, 5.41) is 12.0. The number of methoxy groups -OCH3 is 1. The van der Waals surface area contributed by atoms with Crippen LogP contribution in [0.25, 0.3) is 0 Å². The van der Waals surface area contributed by atoms with E-state index in [0.29, 0.717) is 16.7 Å². The number of hydrogen-bond acceptors (Lipinski definition) is 5. The number of benzene rings is 3. The van der Waals surface area contributed by atoms with Gasteiger partial charge in [-0.2, -0.15) is 0 Å². The second kappa shape index (κ2) is 9.52. The summed E-state index contributed by atoms with van der Waals surface area (Å²) in [5.74, 6) is -1.08. The van der Waals surface area contributed by atoms with E-state index in [1.165, 1.54) is 31.4 Å². The third kappa shape index (κ3) is 5.11. The predicted molar refractivity (Wildman–Crippen MR) is 111 cm³/mol. The maximum atomic E-state index is 12.5. The molecule has 0 aliphatic rings. The van der Waals surface area contributed by atoms with Crippen LogP contribution < -0.4 is 5.32 Å². The Morgan fingerprint density at radius 3 is 2.00 bits per heavy atom. The lowest BCUT2D eigenvalue weighted by Gasteiger charge is -2.17. The average molecular weight is 403 g/mol. The van der Waals surface area contributed by atoms with E-state index >= 15 is 0 Å². The number of hydrogen-bond donors (Lipinski definition) is 2. The predicted octanol–water partition coefficient (Wildman–Crippen LogP) is 3.14. The van der Waals surface area contributed by atoms with Gasteiger partial charge in [-0.3, -0.25) is 9.59 Å². The van der Waals surface area contributed by atoms with Crippen LogP contribution in [0.1, 0.15) is 31.8 Å². The molecule has 0 unspecified atom stereocenters. The molecule has 3 rings (SSSR count). The van der Waals surface area contributed by atoms with Crippen LogP contribution in [0.2, 0.25) is 0 Å². The standard InChI is InChI=1S/C24H21NO5/c1-30-24(29)21(25-23(28)19-11-13-20(26)14-12-19)15-16-7-9-18(10-8-16)22(27)17-5-3-2-4-6-17/h2-14,21,26H,15H2,1H3,(H,25,28)/t21-/m0/s1. The monoisotopic (exact) mass is 403 g/mol. The number of amides is 1. The van der Waals surface area contributed by atoms with Crippen LogP contribution in [-0.4, -0.2) is 35.9 Å². The summed E-state index contributed by atoms with van der Waals surface area (Å²) in [6.45, 7) is 0. The van der Waals surface area contributed by atoms with Crippen LogP contribution in [0.5, 0.6) is 5.75 Å². The van der Waals surface area contributed by atoms with Gasteiger partial charge in [-0.05, 0) is 29.8 Å². The molecule has 0 saturated carbocycles. The summed E-state index contributed by atoms with van der Waals surface area (Å²) in [6.07, 6.45) is 0.205. The number of carbonyl (C=O) groups is 3. The Labute approximate surface area is 174 Å². The van der Waals surface area contributed by atoms with Gasteiger partial charge in [0.05, 0.1) is 7.11 Å². The summed E-state index contributed by atoms with van der Waals surface area (Å²) < 4.78 is 4.81. The zero-order valence-corrected chi connectivity index (χ0v) is 16.4. The van der Waals surface area contributed by atoms with Crippen LogP contribution in [-0.2, 0) is 16.0 Å². The molecular weight excluding hydrogens is 382 g/mol. The van der Waals surface area contributed by atoms with Gasteiger partial charge in [-0.1, -0.05) is 54.6 Å². The Bertz CT molecular complexity index is 1030. The van der Waals surface area contributed by atoms with Gasteiger partial charge in [0.2, 0.25) is 0 Å². The van der Waals surface area contributed by atoms with Crippen molar-refractivity contribution in [3.8, 4) is 5.75 Å². The number of aromatic hydroxyl groups is 1. The normalized spacial score (nSPS) is 11.4. The van der Waals surface area contributed by atoms with Crippen LogP contribution in [0.3, 0.4) is 0 Å². The highest BCUT2D eigenvalue weighted by Crippen LogP contribution is 2.14. The molecule has 0 fully saturated rings. The van der Waals surface area contributed by atoms with Crippen molar-refractivity contribution >= 4 is 17.7 Å². The topological polar surface area (TPSA) is 92.7 Å². The van der Waals surface area contributed by atoms with Crippen molar-refractivity contribution < 1.29 is 24.2 Å². The second-order valence-corrected chi connectivity index (χ2v) is 6.69. The number of nitrogens with one attached hydrogen (secondary N) is 1. The van der Waals surface area contributed by atoms with Crippen LogP contribution in [0.15, 0.2) is 78.9 Å². The van der Waals surface area contributed by atoms with Gasteiger partial charge >= 0.3 is 5.97 Å². The van der Waals surface area contributed by atoms with Crippen molar-refractivity contribution in [2.75, 3.05) is 7.11 Å². The lowest BCUT2D eigenvalue weighted by Crippen LogP contribution is -2.43. The van der Waals surface area contributed by atoms with Gasteiger partial charge in [-0.15, -0.1) is 0 Å². The van der Waals surface area contributed by atoms with E-state index in [9.17, 15) is 19.5 Å². The molecule has 1 atom stereocenters. The lowest BCUT2D eigenvalue weighted by molar-refractivity contribution is -0.142. The number of carbonyl (C=O) groups excluding carboxylic acids is 3. The van der Waals surface area contributed by atoms with Gasteiger partial charge in [0, 0.05) is 23.1 Å². The number of phenols is 1. The first-order chi connectivity index (χ1) is 14.5. The van der Waals surface area contributed by atoms with E-state index in [1.807, 2.05) is 6.07 Å². The fourth-order valence-electron chi connectivity index (χ4n) is 2.97. The summed E-state index contributed by atoms with van der Waals surface area (Å²) in [6, 6.07) is 20.7. The molecule has 0 aromatic heterocycles. The van der Waals surface area contributed by atoms with Gasteiger partial charge in [0.15, 0.2) is 5.78 Å². The first-order valence-corrected chi connectivity index (χ1v) is 9.34. The van der Waals surface area contributed by atoms with Gasteiger partial charge in [-0.25, -0.2) is 4.79 Å².